The lowest BCUT2D eigenvalue weighted by Gasteiger charge is -2.07. The van der Waals surface area contributed by atoms with Crippen LogP contribution >= 0.6 is 11.6 Å². The topological polar surface area (TPSA) is 64.4 Å². The Morgan fingerprint density at radius 2 is 2.12 bits per heavy atom. The molecule has 84 valence electrons. The molecule has 0 spiro atoms. The molecule has 0 bridgehead atoms. The maximum Gasteiger partial charge on any atom is 0.274 e. The minimum absolute atomic E-state index is 0.0769. The number of ether oxygens (including phenoxy) is 1. The van der Waals surface area contributed by atoms with E-state index in [9.17, 15) is 9.90 Å². The molecule has 1 heterocycles. The summed E-state index contributed by atoms with van der Waals surface area (Å²) in [4.78, 5) is 11.8. The van der Waals surface area contributed by atoms with Crippen LogP contribution in [0.2, 0.25) is 5.15 Å². The summed E-state index contributed by atoms with van der Waals surface area (Å²) < 4.78 is 6.07. The van der Waals surface area contributed by atoms with E-state index in [1.54, 1.807) is 0 Å². The highest BCUT2D eigenvalue weighted by atomic mass is 35.5. The third-order valence-electron chi connectivity index (χ3n) is 2.30. The van der Waals surface area contributed by atoms with E-state index in [0.717, 1.165) is 4.68 Å². The monoisotopic (exact) mass is 240 g/mol. The number of methoxy groups -OCH3 is 1. The van der Waals surface area contributed by atoms with Crippen LogP contribution in [0.15, 0.2) is 16.9 Å². The van der Waals surface area contributed by atoms with E-state index in [1.165, 1.54) is 26.3 Å². The highest BCUT2D eigenvalue weighted by molar-refractivity contribution is 6.34. The van der Waals surface area contributed by atoms with Crippen LogP contribution in [0.1, 0.15) is 0 Å². The van der Waals surface area contributed by atoms with Crippen LogP contribution in [-0.4, -0.2) is 22.0 Å². The predicted molar refractivity (Wildman–Crippen MR) is 60.2 cm³/mol. The number of fused-ring (bicyclic) bond motifs is 1. The van der Waals surface area contributed by atoms with E-state index < -0.39 is 0 Å². The van der Waals surface area contributed by atoms with Gasteiger partial charge in [-0.15, -0.1) is 0 Å². The van der Waals surface area contributed by atoms with E-state index in [-0.39, 0.29) is 22.2 Å². The SMILES string of the molecule is COc1cc2c(=O)n(C)nc(Cl)c2cc1O. The predicted octanol–water partition coefficient (Wildman–Crippen LogP) is 1.30. The van der Waals surface area contributed by atoms with Gasteiger partial charge in [-0.3, -0.25) is 4.79 Å². The molecule has 0 amide bonds. The summed E-state index contributed by atoms with van der Waals surface area (Å²) in [6.07, 6.45) is 0. The van der Waals surface area contributed by atoms with Crippen molar-refractivity contribution in [2.24, 2.45) is 7.05 Å². The fraction of sp³-hybridized carbons (Fsp3) is 0.200. The van der Waals surface area contributed by atoms with Gasteiger partial charge in [-0.05, 0) is 12.1 Å². The Kier molecular flexibility index (Phi) is 2.47. The Labute approximate surface area is 95.8 Å². The molecule has 1 aromatic carbocycles. The maximum absolute atomic E-state index is 11.8. The Hall–Kier alpha value is -1.75. The molecule has 0 fully saturated rings. The number of aryl methyl sites for hydroxylation is 1. The molecule has 6 heteroatoms. The first-order valence-electron chi connectivity index (χ1n) is 4.48. The first kappa shape index (κ1) is 10.8. The molecule has 16 heavy (non-hydrogen) atoms. The number of nitrogens with zero attached hydrogens (tertiary/aromatic N) is 2. The van der Waals surface area contributed by atoms with Crippen LogP contribution in [-0.2, 0) is 7.05 Å². The Morgan fingerprint density at radius 3 is 2.75 bits per heavy atom. The Balaban J connectivity index is 2.96. The van der Waals surface area contributed by atoms with Gasteiger partial charge in [0, 0.05) is 12.4 Å². The molecule has 2 rings (SSSR count). The van der Waals surface area contributed by atoms with Gasteiger partial charge < -0.3 is 9.84 Å². The van der Waals surface area contributed by atoms with Gasteiger partial charge in [0.25, 0.3) is 5.56 Å². The minimum atomic E-state index is -0.294. The summed E-state index contributed by atoms with van der Waals surface area (Å²) in [6.45, 7) is 0. The molecule has 0 aliphatic rings. The van der Waals surface area contributed by atoms with E-state index in [4.69, 9.17) is 16.3 Å². The average Bonchev–Trinajstić information content (AvgIpc) is 2.25. The molecule has 0 saturated heterocycles. The van der Waals surface area contributed by atoms with Gasteiger partial charge in [-0.2, -0.15) is 5.10 Å². The number of phenols is 1. The lowest BCUT2D eigenvalue weighted by Crippen LogP contribution is -2.19. The first-order chi connectivity index (χ1) is 7.54. The molecule has 0 unspecified atom stereocenters. The average molecular weight is 241 g/mol. The second kappa shape index (κ2) is 3.68. The quantitative estimate of drug-likeness (QED) is 0.816. The van der Waals surface area contributed by atoms with E-state index >= 15 is 0 Å². The van der Waals surface area contributed by atoms with Crippen molar-refractivity contribution in [1.82, 2.24) is 9.78 Å². The molecular weight excluding hydrogens is 232 g/mol. The minimum Gasteiger partial charge on any atom is -0.504 e. The number of phenolic OH excluding ortho intramolecular Hbond substituents is 1. The van der Waals surface area contributed by atoms with Crippen molar-refractivity contribution < 1.29 is 9.84 Å². The van der Waals surface area contributed by atoms with Crippen molar-refractivity contribution in [3.63, 3.8) is 0 Å². The number of hydrogen-bond donors (Lipinski definition) is 1. The summed E-state index contributed by atoms with van der Waals surface area (Å²) in [5, 5.41) is 14.3. The Morgan fingerprint density at radius 1 is 1.44 bits per heavy atom. The fourth-order valence-corrected chi connectivity index (χ4v) is 1.75. The highest BCUT2D eigenvalue weighted by Gasteiger charge is 2.11. The standard InChI is InChI=1S/C10H9ClN2O3/c1-13-10(15)6-4-8(16-2)7(14)3-5(6)9(11)12-13/h3-4,14H,1-2H3. The van der Waals surface area contributed by atoms with Crippen LogP contribution in [0.4, 0.5) is 0 Å². The summed E-state index contributed by atoms with van der Waals surface area (Å²) >= 11 is 5.88. The van der Waals surface area contributed by atoms with Gasteiger partial charge in [0.15, 0.2) is 16.7 Å². The zero-order valence-electron chi connectivity index (χ0n) is 8.69. The fourth-order valence-electron chi connectivity index (χ4n) is 1.48. The van der Waals surface area contributed by atoms with Crippen LogP contribution in [0.5, 0.6) is 11.5 Å². The van der Waals surface area contributed by atoms with E-state index in [0.29, 0.717) is 10.8 Å². The van der Waals surface area contributed by atoms with Gasteiger partial charge in [-0.1, -0.05) is 11.6 Å². The summed E-state index contributed by atoms with van der Waals surface area (Å²) in [6, 6.07) is 2.81. The normalized spacial score (nSPS) is 10.7. The van der Waals surface area contributed by atoms with Crippen molar-refractivity contribution in [3.8, 4) is 11.5 Å². The lowest BCUT2D eigenvalue weighted by atomic mass is 10.2. The lowest BCUT2D eigenvalue weighted by molar-refractivity contribution is 0.374. The smallest absolute Gasteiger partial charge is 0.274 e. The molecule has 0 aliphatic heterocycles. The van der Waals surface area contributed by atoms with Crippen molar-refractivity contribution >= 4 is 22.4 Å². The Bertz CT molecular complexity index is 621. The van der Waals surface area contributed by atoms with Crippen LogP contribution in [0, 0.1) is 0 Å². The van der Waals surface area contributed by atoms with Crippen molar-refractivity contribution in [2.45, 2.75) is 0 Å². The zero-order chi connectivity index (χ0) is 11.9. The highest BCUT2D eigenvalue weighted by Crippen LogP contribution is 2.31. The molecule has 0 radical (unpaired) electrons. The van der Waals surface area contributed by atoms with Gasteiger partial charge in [0.2, 0.25) is 0 Å². The number of aromatic hydroxyl groups is 1. The van der Waals surface area contributed by atoms with Gasteiger partial charge in [0.05, 0.1) is 12.5 Å². The number of hydrogen-bond acceptors (Lipinski definition) is 4. The summed E-state index contributed by atoms with van der Waals surface area (Å²) in [5.41, 5.74) is -0.294. The van der Waals surface area contributed by atoms with E-state index in [1.807, 2.05) is 0 Å². The number of benzene rings is 1. The van der Waals surface area contributed by atoms with Gasteiger partial charge in [0.1, 0.15) is 0 Å². The molecule has 0 atom stereocenters. The molecule has 5 nitrogen and oxygen atoms in total. The zero-order valence-corrected chi connectivity index (χ0v) is 9.45. The molecule has 1 aromatic heterocycles. The molecule has 0 aliphatic carbocycles. The molecular formula is C10H9ClN2O3. The second-order valence-electron chi connectivity index (χ2n) is 3.29. The maximum atomic E-state index is 11.8. The van der Waals surface area contributed by atoms with Gasteiger partial charge in [-0.25, -0.2) is 4.68 Å². The van der Waals surface area contributed by atoms with Crippen molar-refractivity contribution in [1.29, 1.82) is 0 Å². The van der Waals surface area contributed by atoms with Crippen molar-refractivity contribution in [2.75, 3.05) is 7.11 Å². The molecule has 0 saturated carbocycles. The van der Waals surface area contributed by atoms with Crippen LogP contribution in [0.25, 0.3) is 10.8 Å². The number of aromatic nitrogens is 2. The third kappa shape index (κ3) is 1.49. The summed E-state index contributed by atoms with van der Waals surface area (Å²) in [7, 11) is 2.92. The number of halogens is 1. The molecule has 2 aromatic rings. The third-order valence-corrected chi connectivity index (χ3v) is 2.58. The van der Waals surface area contributed by atoms with Crippen molar-refractivity contribution in [3.05, 3.63) is 27.6 Å². The van der Waals surface area contributed by atoms with Crippen LogP contribution < -0.4 is 10.3 Å². The summed E-state index contributed by atoms with van der Waals surface area (Å²) in [5.74, 6) is 0.152. The number of rotatable bonds is 1. The second-order valence-corrected chi connectivity index (χ2v) is 3.65. The van der Waals surface area contributed by atoms with Gasteiger partial charge >= 0.3 is 0 Å². The van der Waals surface area contributed by atoms with Crippen LogP contribution in [0.3, 0.4) is 0 Å². The largest absolute Gasteiger partial charge is 0.504 e. The van der Waals surface area contributed by atoms with E-state index in [2.05, 4.69) is 5.10 Å². The molecule has 1 N–H and O–H groups in total. The first-order valence-corrected chi connectivity index (χ1v) is 4.86.